The normalized spacial score (nSPS) is 15.0. The summed E-state index contributed by atoms with van der Waals surface area (Å²) in [5.41, 5.74) is 0.897. The summed E-state index contributed by atoms with van der Waals surface area (Å²) >= 11 is 0. The van der Waals surface area contributed by atoms with Crippen molar-refractivity contribution in [3.8, 4) is 11.5 Å². The SMILES string of the molecule is Cc1cc(F)ccc1Oc1cc2ccc(NC3CCOCC3)nc2n(C)c1=O. The molecule has 0 saturated carbocycles. The Morgan fingerprint density at radius 3 is 2.71 bits per heavy atom. The molecular formula is C21H22FN3O3. The first-order valence-electron chi connectivity index (χ1n) is 9.30. The Morgan fingerprint density at radius 2 is 1.96 bits per heavy atom. The first kappa shape index (κ1) is 18.4. The Bertz CT molecular complexity index is 1070. The quantitative estimate of drug-likeness (QED) is 0.743. The zero-order valence-electron chi connectivity index (χ0n) is 15.9. The molecule has 1 aromatic carbocycles. The van der Waals surface area contributed by atoms with Gasteiger partial charge < -0.3 is 14.8 Å². The predicted octanol–water partition coefficient (Wildman–Crippen LogP) is 3.76. The summed E-state index contributed by atoms with van der Waals surface area (Å²) in [4.78, 5) is 17.4. The first-order valence-corrected chi connectivity index (χ1v) is 9.30. The van der Waals surface area contributed by atoms with Crippen LogP contribution >= 0.6 is 0 Å². The van der Waals surface area contributed by atoms with Crippen LogP contribution < -0.4 is 15.6 Å². The van der Waals surface area contributed by atoms with Crippen LogP contribution in [0.1, 0.15) is 18.4 Å². The summed E-state index contributed by atoms with van der Waals surface area (Å²) in [6.45, 7) is 3.22. The summed E-state index contributed by atoms with van der Waals surface area (Å²) in [5.74, 6) is 1.02. The minimum Gasteiger partial charge on any atom is -0.451 e. The average molecular weight is 383 g/mol. The van der Waals surface area contributed by atoms with E-state index in [-0.39, 0.29) is 17.1 Å². The molecule has 28 heavy (non-hydrogen) atoms. The van der Waals surface area contributed by atoms with Crippen LogP contribution in [0.2, 0.25) is 0 Å². The summed E-state index contributed by atoms with van der Waals surface area (Å²) in [6, 6.07) is 10.0. The van der Waals surface area contributed by atoms with Gasteiger partial charge in [0.1, 0.15) is 23.0 Å². The van der Waals surface area contributed by atoms with Crippen molar-refractivity contribution < 1.29 is 13.9 Å². The number of hydrogen-bond acceptors (Lipinski definition) is 5. The Labute approximate surface area is 161 Å². The highest BCUT2D eigenvalue weighted by atomic mass is 19.1. The van der Waals surface area contributed by atoms with E-state index in [1.807, 2.05) is 12.1 Å². The molecule has 1 saturated heterocycles. The van der Waals surface area contributed by atoms with Crippen LogP contribution in [0, 0.1) is 12.7 Å². The maximum atomic E-state index is 13.3. The Balaban J connectivity index is 1.66. The molecule has 6 nitrogen and oxygen atoms in total. The van der Waals surface area contributed by atoms with Gasteiger partial charge in [0.25, 0.3) is 5.56 Å². The molecule has 3 aromatic rings. The van der Waals surface area contributed by atoms with Crippen molar-refractivity contribution in [1.29, 1.82) is 0 Å². The fourth-order valence-electron chi connectivity index (χ4n) is 3.36. The average Bonchev–Trinajstić information content (AvgIpc) is 2.69. The molecule has 0 aliphatic carbocycles. The summed E-state index contributed by atoms with van der Waals surface area (Å²) in [5, 5.41) is 4.20. The van der Waals surface area contributed by atoms with E-state index in [2.05, 4.69) is 10.3 Å². The number of anilines is 1. The van der Waals surface area contributed by atoms with Crippen LogP contribution in [0.25, 0.3) is 11.0 Å². The van der Waals surface area contributed by atoms with Crippen molar-refractivity contribution in [3.05, 3.63) is 58.1 Å². The minimum absolute atomic E-state index is 0.177. The third-order valence-corrected chi connectivity index (χ3v) is 4.96. The molecule has 1 N–H and O–H groups in total. The molecule has 3 heterocycles. The number of ether oxygens (including phenoxy) is 2. The molecular weight excluding hydrogens is 361 g/mol. The molecule has 0 radical (unpaired) electrons. The number of rotatable bonds is 4. The smallest absolute Gasteiger partial charge is 0.294 e. The topological polar surface area (TPSA) is 65.4 Å². The maximum absolute atomic E-state index is 13.3. The lowest BCUT2D eigenvalue weighted by molar-refractivity contribution is 0.0904. The maximum Gasteiger partial charge on any atom is 0.294 e. The minimum atomic E-state index is -0.343. The molecule has 0 unspecified atom stereocenters. The second-order valence-electron chi connectivity index (χ2n) is 7.02. The van der Waals surface area contributed by atoms with Gasteiger partial charge >= 0.3 is 0 Å². The number of pyridine rings is 2. The molecule has 7 heteroatoms. The molecule has 0 atom stereocenters. The lowest BCUT2D eigenvalue weighted by Crippen LogP contribution is -2.28. The van der Waals surface area contributed by atoms with Crippen LogP contribution in [-0.2, 0) is 11.8 Å². The van der Waals surface area contributed by atoms with Crippen LogP contribution in [0.5, 0.6) is 11.5 Å². The van der Waals surface area contributed by atoms with Gasteiger partial charge in [-0.2, -0.15) is 0 Å². The van der Waals surface area contributed by atoms with E-state index in [9.17, 15) is 9.18 Å². The molecule has 4 rings (SSSR count). The largest absolute Gasteiger partial charge is 0.451 e. The summed E-state index contributed by atoms with van der Waals surface area (Å²) in [7, 11) is 1.67. The molecule has 2 aromatic heterocycles. The van der Waals surface area contributed by atoms with Crippen LogP contribution in [-0.4, -0.2) is 28.8 Å². The van der Waals surface area contributed by atoms with Gasteiger partial charge in [-0.05, 0) is 61.7 Å². The highest BCUT2D eigenvalue weighted by Gasteiger charge is 2.16. The van der Waals surface area contributed by atoms with Gasteiger partial charge in [0.15, 0.2) is 5.75 Å². The molecule has 1 fully saturated rings. The number of halogens is 1. The number of nitrogens with one attached hydrogen (secondary N) is 1. The van der Waals surface area contributed by atoms with Crippen LogP contribution in [0.15, 0.2) is 41.2 Å². The molecule has 1 aliphatic rings. The summed E-state index contributed by atoms with van der Waals surface area (Å²) in [6.07, 6.45) is 1.87. The predicted molar refractivity (Wildman–Crippen MR) is 106 cm³/mol. The highest BCUT2D eigenvalue weighted by molar-refractivity contribution is 5.78. The number of benzene rings is 1. The second-order valence-corrected chi connectivity index (χ2v) is 7.02. The van der Waals surface area contributed by atoms with E-state index < -0.39 is 0 Å². The number of aryl methyl sites for hydroxylation is 2. The van der Waals surface area contributed by atoms with Crippen LogP contribution in [0.3, 0.4) is 0 Å². The van der Waals surface area contributed by atoms with E-state index in [4.69, 9.17) is 9.47 Å². The zero-order chi connectivity index (χ0) is 19.7. The van der Waals surface area contributed by atoms with Crippen molar-refractivity contribution in [3.63, 3.8) is 0 Å². The third-order valence-electron chi connectivity index (χ3n) is 4.96. The van der Waals surface area contributed by atoms with E-state index in [0.717, 1.165) is 37.3 Å². The summed E-state index contributed by atoms with van der Waals surface area (Å²) < 4.78 is 25.9. The van der Waals surface area contributed by atoms with Crippen molar-refractivity contribution in [2.45, 2.75) is 25.8 Å². The molecule has 0 amide bonds. The number of nitrogens with zero attached hydrogens (tertiary/aromatic N) is 2. The van der Waals surface area contributed by atoms with Gasteiger partial charge in [-0.15, -0.1) is 0 Å². The lowest BCUT2D eigenvalue weighted by Gasteiger charge is -2.23. The van der Waals surface area contributed by atoms with Gasteiger partial charge in [-0.1, -0.05) is 0 Å². The Morgan fingerprint density at radius 1 is 1.18 bits per heavy atom. The lowest BCUT2D eigenvalue weighted by atomic mass is 10.1. The second kappa shape index (κ2) is 7.59. The fourth-order valence-corrected chi connectivity index (χ4v) is 3.36. The van der Waals surface area contributed by atoms with E-state index in [0.29, 0.717) is 23.0 Å². The van der Waals surface area contributed by atoms with Crippen LogP contribution in [0.4, 0.5) is 10.2 Å². The molecule has 0 bridgehead atoms. The zero-order valence-corrected chi connectivity index (χ0v) is 15.9. The molecule has 1 aliphatic heterocycles. The van der Waals surface area contributed by atoms with E-state index in [1.165, 1.54) is 22.8 Å². The Kier molecular flexibility index (Phi) is 5.00. The van der Waals surface area contributed by atoms with E-state index in [1.54, 1.807) is 20.0 Å². The molecule has 146 valence electrons. The monoisotopic (exact) mass is 383 g/mol. The fraction of sp³-hybridized carbons (Fsp3) is 0.333. The number of hydrogen-bond donors (Lipinski definition) is 1. The first-order chi connectivity index (χ1) is 13.5. The highest BCUT2D eigenvalue weighted by Crippen LogP contribution is 2.26. The van der Waals surface area contributed by atoms with Crippen molar-refractivity contribution in [1.82, 2.24) is 9.55 Å². The van der Waals surface area contributed by atoms with Gasteiger partial charge in [0.2, 0.25) is 0 Å². The van der Waals surface area contributed by atoms with Crippen molar-refractivity contribution in [2.24, 2.45) is 7.05 Å². The van der Waals surface area contributed by atoms with Gasteiger partial charge in [-0.25, -0.2) is 9.37 Å². The van der Waals surface area contributed by atoms with Crippen molar-refractivity contribution in [2.75, 3.05) is 18.5 Å². The van der Waals surface area contributed by atoms with E-state index >= 15 is 0 Å². The van der Waals surface area contributed by atoms with Gasteiger partial charge in [0.05, 0.1) is 0 Å². The molecule has 0 spiro atoms. The van der Waals surface area contributed by atoms with Gasteiger partial charge in [-0.3, -0.25) is 9.36 Å². The number of fused-ring (bicyclic) bond motifs is 1. The third kappa shape index (κ3) is 3.71. The number of aromatic nitrogens is 2. The van der Waals surface area contributed by atoms with Crippen molar-refractivity contribution >= 4 is 16.9 Å². The Hall–Kier alpha value is -2.93. The standard InChI is InChI=1S/C21H22FN3O3/c1-13-11-15(22)4-5-17(13)28-18-12-14-3-6-19(23-16-7-9-27-10-8-16)24-20(14)25(2)21(18)26/h3-6,11-12,16H,7-10H2,1-2H3,(H,23,24). The van der Waals surface area contributed by atoms with Gasteiger partial charge in [0, 0.05) is 31.7 Å².